The van der Waals surface area contributed by atoms with E-state index in [9.17, 15) is 4.39 Å². The number of nitrogens with one attached hydrogen (secondary N) is 1. The number of rotatable bonds is 1. The van der Waals surface area contributed by atoms with Crippen molar-refractivity contribution in [1.82, 2.24) is 0 Å². The molecule has 1 aromatic rings. The van der Waals surface area contributed by atoms with Gasteiger partial charge >= 0.3 is 0 Å². The quantitative estimate of drug-likeness (QED) is 0.731. The lowest BCUT2D eigenvalue weighted by Crippen LogP contribution is -2.26. The summed E-state index contributed by atoms with van der Waals surface area (Å²) in [4.78, 5) is 0. The van der Waals surface area contributed by atoms with Crippen LogP contribution in [0.4, 0.5) is 10.1 Å². The Hall–Kier alpha value is -0.760. The molecule has 0 unspecified atom stereocenters. The monoisotopic (exact) mass is 201 g/mol. The molecule has 0 aliphatic heterocycles. The molecule has 0 atom stereocenters. The van der Waals surface area contributed by atoms with Crippen LogP contribution in [0, 0.1) is 5.82 Å². The SMILES string of the molecule is CC(C)(C)Nc1ccc(F)cc1Cl. The standard InChI is InChI=1S/C10H13ClFN/c1-10(2,3)13-9-5-4-7(12)6-8(9)11/h4-6,13H,1-3H3. The Labute approximate surface area is 82.9 Å². The number of anilines is 1. The van der Waals surface area contributed by atoms with Gasteiger partial charge in [0.1, 0.15) is 5.82 Å². The summed E-state index contributed by atoms with van der Waals surface area (Å²) in [7, 11) is 0. The topological polar surface area (TPSA) is 12.0 Å². The van der Waals surface area contributed by atoms with E-state index in [-0.39, 0.29) is 11.4 Å². The first-order valence-electron chi connectivity index (χ1n) is 4.12. The van der Waals surface area contributed by atoms with Crippen molar-refractivity contribution < 1.29 is 4.39 Å². The molecule has 0 fully saturated rings. The first-order chi connectivity index (χ1) is 5.88. The predicted molar refractivity (Wildman–Crippen MR) is 54.8 cm³/mol. The van der Waals surface area contributed by atoms with Gasteiger partial charge in [-0.3, -0.25) is 0 Å². The van der Waals surface area contributed by atoms with Gasteiger partial charge in [-0.05, 0) is 39.0 Å². The zero-order valence-electron chi connectivity index (χ0n) is 7.99. The number of benzene rings is 1. The first kappa shape index (κ1) is 10.3. The van der Waals surface area contributed by atoms with Crippen molar-refractivity contribution in [1.29, 1.82) is 0 Å². The van der Waals surface area contributed by atoms with Crippen LogP contribution < -0.4 is 5.32 Å². The first-order valence-corrected chi connectivity index (χ1v) is 4.49. The maximum atomic E-state index is 12.7. The highest BCUT2D eigenvalue weighted by molar-refractivity contribution is 6.33. The van der Waals surface area contributed by atoms with E-state index in [0.717, 1.165) is 5.69 Å². The average molecular weight is 202 g/mol. The second kappa shape index (κ2) is 3.54. The zero-order valence-corrected chi connectivity index (χ0v) is 8.74. The predicted octanol–water partition coefficient (Wildman–Crippen LogP) is 3.69. The van der Waals surface area contributed by atoms with Crippen LogP contribution in [0.1, 0.15) is 20.8 Å². The summed E-state index contributed by atoms with van der Waals surface area (Å²) in [5, 5.41) is 3.59. The van der Waals surface area contributed by atoms with E-state index < -0.39 is 0 Å². The third kappa shape index (κ3) is 3.23. The van der Waals surface area contributed by atoms with Crippen molar-refractivity contribution in [3.8, 4) is 0 Å². The molecule has 0 bridgehead atoms. The molecule has 0 amide bonds. The lowest BCUT2D eigenvalue weighted by molar-refractivity contribution is 0.622. The number of hydrogen-bond acceptors (Lipinski definition) is 1. The maximum Gasteiger partial charge on any atom is 0.124 e. The largest absolute Gasteiger partial charge is 0.379 e. The van der Waals surface area contributed by atoms with E-state index in [4.69, 9.17) is 11.6 Å². The maximum absolute atomic E-state index is 12.7. The van der Waals surface area contributed by atoms with Gasteiger partial charge in [0.05, 0.1) is 10.7 Å². The smallest absolute Gasteiger partial charge is 0.124 e. The highest BCUT2D eigenvalue weighted by Gasteiger charge is 2.11. The minimum Gasteiger partial charge on any atom is -0.379 e. The van der Waals surface area contributed by atoms with Crippen LogP contribution in [-0.2, 0) is 0 Å². The third-order valence-electron chi connectivity index (χ3n) is 1.44. The van der Waals surface area contributed by atoms with Crippen LogP contribution in [-0.4, -0.2) is 5.54 Å². The molecule has 72 valence electrons. The zero-order chi connectivity index (χ0) is 10.1. The Morgan fingerprint density at radius 3 is 2.38 bits per heavy atom. The van der Waals surface area contributed by atoms with E-state index in [1.807, 2.05) is 20.8 Å². The van der Waals surface area contributed by atoms with Crippen molar-refractivity contribution in [3.63, 3.8) is 0 Å². The fraction of sp³-hybridized carbons (Fsp3) is 0.400. The molecule has 1 aromatic carbocycles. The lowest BCUT2D eigenvalue weighted by Gasteiger charge is -2.22. The Bertz CT molecular complexity index is 304. The summed E-state index contributed by atoms with van der Waals surface area (Å²) in [6, 6.07) is 4.33. The van der Waals surface area contributed by atoms with Crippen LogP contribution in [0.5, 0.6) is 0 Å². The Kier molecular flexibility index (Phi) is 2.81. The van der Waals surface area contributed by atoms with Gasteiger partial charge in [0, 0.05) is 5.54 Å². The second-order valence-electron chi connectivity index (χ2n) is 4.00. The molecular weight excluding hydrogens is 189 g/mol. The molecular formula is C10H13ClFN. The van der Waals surface area contributed by atoms with E-state index in [2.05, 4.69) is 5.32 Å². The fourth-order valence-electron chi connectivity index (χ4n) is 0.995. The molecule has 0 saturated carbocycles. The van der Waals surface area contributed by atoms with Gasteiger partial charge in [-0.15, -0.1) is 0 Å². The van der Waals surface area contributed by atoms with Gasteiger partial charge in [0.25, 0.3) is 0 Å². The molecule has 0 spiro atoms. The van der Waals surface area contributed by atoms with Gasteiger partial charge in [-0.25, -0.2) is 4.39 Å². The Balaban J connectivity index is 2.90. The molecule has 13 heavy (non-hydrogen) atoms. The summed E-state index contributed by atoms with van der Waals surface area (Å²) < 4.78 is 12.7. The fourth-order valence-corrected chi connectivity index (χ4v) is 1.21. The van der Waals surface area contributed by atoms with Gasteiger partial charge in [-0.2, -0.15) is 0 Å². The minimum absolute atomic E-state index is 0.0680. The molecule has 0 radical (unpaired) electrons. The van der Waals surface area contributed by atoms with E-state index >= 15 is 0 Å². The van der Waals surface area contributed by atoms with E-state index in [1.165, 1.54) is 12.1 Å². The molecule has 1 rings (SSSR count). The van der Waals surface area contributed by atoms with Crippen molar-refractivity contribution in [2.24, 2.45) is 0 Å². The van der Waals surface area contributed by atoms with Crippen molar-refractivity contribution >= 4 is 17.3 Å². The van der Waals surface area contributed by atoms with Crippen LogP contribution in [0.15, 0.2) is 18.2 Å². The Morgan fingerprint density at radius 1 is 1.31 bits per heavy atom. The van der Waals surface area contributed by atoms with Gasteiger partial charge < -0.3 is 5.32 Å². The average Bonchev–Trinajstić information content (AvgIpc) is 1.93. The summed E-state index contributed by atoms with van der Waals surface area (Å²) in [6.45, 7) is 6.06. The normalized spacial score (nSPS) is 11.5. The van der Waals surface area contributed by atoms with Gasteiger partial charge in [0.15, 0.2) is 0 Å². The summed E-state index contributed by atoms with van der Waals surface area (Å²) >= 11 is 5.83. The number of halogens is 2. The summed E-state index contributed by atoms with van der Waals surface area (Å²) in [5.41, 5.74) is 0.692. The van der Waals surface area contributed by atoms with Crippen molar-refractivity contribution in [2.75, 3.05) is 5.32 Å². The molecule has 0 aliphatic rings. The summed E-state index contributed by atoms with van der Waals surface area (Å²) in [5.74, 6) is -0.315. The highest BCUT2D eigenvalue weighted by atomic mass is 35.5. The van der Waals surface area contributed by atoms with E-state index in [0.29, 0.717) is 5.02 Å². The van der Waals surface area contributed by atoms with Crippen LogP contribution in [0.3, 0.4) is 0 Å². The van der Waals surface area contributed by atoms with Crippen LogP contribution in [0.25, 0.3) is 0 Å². The Morgan fingerprint density at radius 2 is 1.92 bits per heavy atom. The van der Waals surface area contributed by atoms with Crippen molar-refractivity contribution in [2.45, 2.75) is 26.3 Å². The molecule has 3 heteroatoms. The molecule has 1 N–H and O–H groups in total. The van der Waals surface area contributed by atoms with Gasteiger partial charge in [0.2, 0.25) is 0 Å². The number of hydrogen-bond donors (Lipinski definition) is 1. The van der Waals surface area contributed by atoms with Crippen LogP contribution in [0.2, 0.25) is 5.02 Å². The van der Waals surface area contributed by atoms with Crippen molar-refractivity contribution in [3.05, 3.63) is 29.0 Å². The third-order valence-corrected chi connectivity index (χ3v) is 1.75. The van der Waals surface area contributed by atoms with E-state index in [1.54, 1.807) is 6.07 Å². The minimum atomic E-state index is -0.315. The molecule has 1 nitrogen and oxygen atoms in total. The van der Waals surface area contributed by atoms with Gasteiger partial charge in [-0.1, -0.05) is 11.6 Å². The molecule has 0 saturated heterocycles. The summed E-state index contributed by atoms with van der Waals surface area (Å²) in [6.07, 6.45) is 0. The second-order valence-corrected chi connectivity index (χ2v) is 4.41. The molecule has 0 heterocycles. The molecule has 0 aromatic heterocycles. The lowest BCUT2D eigenvalue weighted by atomic mass is 10.1. The van der Waals surface area contributed by atoms with Crippen LogP contribution >= 0.6 is 11.6 Å². The highest BCUT2D eigenvalue weighted by Crippen LogP contribution is 2.25. The molecule has 0 aliphatic carbocycles.